The molecule has 0 aliphatic carbocycles. The molecular weight excluding hydrogens is 218 g/mol. The molecule has 0 saturated heterocycles. The number of phenols is 1. The van der Waals surface area contributed by atoms with Crippen LogP contribution in [0, 0.1) is 6.92 Å². The fraction of sp³-hybridized carbons (Fsp3) is 0.0833. The van der Waals surface area contributed by atoms with Crippen molar-refractivity contribution in [3.05, 3.63) is 47.7 Å². The lowest BCUT2D eigenvalue weighted by atomic mass is 10.1. The third kappa shape index (κ3) is 2.57. The van der Waals surface area contributed by atoms with E-state index in [0.717, 1.165) is 5.56 Å². The number of amides is 1. The highest BCUT2D eigenvalue weighted by molar-refractivity contribution is 6.05. The highest BCUT2D eigenvalue weighted by Crippen LogP contribution is 2.19. The molecule has 0 saturated carbocycles. The number of nitrogens with zero attached hydrogens (tertiary/aromatic N) is 2. The summed E-state index contributed by atoms with van der Waals surface area (Å²) in [5, 5.41) is 19.6. The topological polar surface area (TPSA) is 75.1 Å². The average molecular weight is 229 g/mol. The van der Waals surface area contributed by atoms with Crippen LogP contribution in [0.4, 0.5) is 5.82 Å². The Labute approximate surface area is 98.1 Å². The van der Waals surface area contributed by atoms with Crippen LogP contribution in [0.3, 0.4) is 0 Å². The standard InChI is InChI=1S/C12H11N3O2/c1-8-4-5-9(10(16)7-8)12(17)14-11-3-2-6-13-15-11/h2-7,16H,1H3,(H,14,15,17). The Morgan fingerprint density at radius 2 is 2.18 bits per heavy atom. The summed E-state index contributed by atoms with van der Waals surface area (Å²) in [6.07, 6.45) is 1.51. The lowest BCUT2D eigenvalue weighted by molar-refractivity contribution is 0.102. The molecule has 2 aromatic rings. The fourth-order valence-electron chi connectivity index (χ4n) is 1.39. The molecule has 0 fully saturated rings. The van der Waals surface area contributed by atoms with Crippen LogP contribution in [0.25, 0.3) is 0 Å². The van der Waals surface area contributed by atoms with Crippen molar-refractivity contribution in [3.8, 4) is 5.75 Å². The Balaban J connectivity index is 2.21. The summed E-state index contributed by atoms with van der Waals surface area (Å²) in [6.45, 7) is 1.84. The largest absolute Gasteiger partial charge is 0.507 e. The van der Waals surface area contributed by atoms with Gasteiger partial charge in [0.1, 0.15) is 5.75 Å². The van der Waals surface area contributed by atoms with Gasteiger partial charge in [0.25, 0.3) is 5.91 Å². The van der Waals surface area contributed by atoms with Crippen LogP contribution in [0.5, 0.6) is 5.75 Å². The van der Waals surface area contributed by atoms with Gasteiger partial charge in [-0.3, -0.25) is 4.79 Å². The van der Waals surface area contributed by atoms with E-state index in [-0.39, 0.29) is 11.3 Å². The first-order valence-corrected chi connectivity index (χ1v) is 5.05. The number of carbonyl (C=O) groups is 1. The normalized spacial score (nSPS) is 9.94. The number of benzene rings is 1. The number of phenolic OH excluding ortho intramolecular Hbond substituents is 1. The minimum absolute atomic E-state index is 0.0496. The summed E-state index contributed by atoms with van der Waals surface area (Å²) in [7, 11) is 0. The number of aromatic hydroxyl groups is 1. The molecule has 1 amide bonds. The molecule has 0 bridgehead atoms. The molecule has 0 unspecified atom stereocenters. The maximum absolute atomic E-state index is 11.8. The lowest BCUT2D eigenvalue weighted by Crippen LogP contribution is -2.13. The summed E-state index contributed by atoms with van der Waals surface area (Å²) < 4.78 is 0. The van der Waals surface area contributed by atoms with Crippen molar-refractivity contribution in [2.24, 2.45) is 0 Å². The molecule has 0 atom stereocenters. The van der Waals surface area contributed by atoms with Crippen LogP contribution in [-0.4, -0.2) is 21.2 Å². The summed E-state index contributed by atoms with van der Waals surface area (Å²) in [6, 6.07) is 8.14. The van der Waals surface area contributed by atoms with E-state index in [1.807, 2.05) is 6.92 Å². The van der Waals surface area contributed by atoms with Crippen LogP contribution in [0.2, 0.25) is 0 Å². The summed E-state index contributed by atoms with van der Waals surface area (Å²) in [5.74, 6) is -0.119. The molecule has 0 aliphatic rings. The molecule has 0 radical (unpaired) electrons. The summed E-state index contributed by atoms with van der Waals surface area (Å²) in [4.78, 5) is 11.8. The number of hydrogen-bond donors (Lipinski definition) is 2. The quantitative estimate of drug-likeness (QED) is 0.822. The fourth-order valence-corrected chi connectivity index (χ4v) is 1.39. The number of aryl methyl sites for hydroxylation is 1. The third-order valence-electron chi connectivity index (χ3n) is 2.21. The van der Waals surface area contributed by atoms with Crippen molar-refractivity contribution >= 4 is 11.7 Å². The van der Waals surface area contributed by atoms with Crippen molar-refractivity contribution < 1.29 is 9.90 Å². The van der Waals surface area contributed by atoms with Crippen LogP contribution >= 0.6 is 0 Å². The van der Waals surface area contributed by atoms with Crippen LogP contribution < -0.4 is 5.32 Å². The number of nitrogens with one attached hydrogen (secondary N) is 1. The van der Waals surface area contributed by atoms with Crippen LogP contribution in [0.1, 0.15) is 15.9 Å². The number of hydrogen-bond acceptors (Lipinski definition) is 4. The van der Waals surface area contributed by atoms with Gasteiger partial charge in [-0.05, 0) is 36.8 Å². The Hall–Kier alpha value is -2.43. The molecule has 5 nitrogen and oxygen atoms in total. The van der Waals surface area contributed by atoms with Gasteiger partial charge in [0, 0.05) is 6.20 Å². The smallest absolute Gasteiger partial charge is 0.260 e. The zero-order chi connectivity index (χ0) is 12.3. The predicted octanol–water partition coefficient (Wildman–Crippen LogP) is 1.74. The Bertz CT molecular complexity index is 541. The van der Waals surface area contributed by atoms with E-state index in [1.54, 1.807) is 24.3 Å². The molecule has 86 valence electrons. The molecular formula is C12H11N3O2. The Morgan fingerprint density at radius 1 is 1.35 bits per heavy atom. The number of carbonyl (C=O) groups excluding carboxylic acids is 1. The maximum Gasteiger partial charge on any atom is 0.260 e. The minimum atomic E-state index is -0.414. The summed E-state index contributed by atoms with van der Waals surface area (Å²) in [5.41, 5.74) is 1.10. The molecule has 2 rings (SSSR count). The molecule has 1 heterocycles. The van der Waals surface area contributed by atoms with E-state index in [1.165, 1.54) is 12.3 Å². The molecule has 0 aliphatic heterocycles. The zero-order valence-corrected chi connectivity index (χ0v) is 9.21. The molecule has 0 spiro atoms. The molecule has 2 N–H and O–H groups in total. The van der Waals surface area contributed by atoms with E-state index in [9.17, 15) is 9.90 Å². The first kappa shape index (κ1) is 11.1. The van der Waals surface area contributed by atoms with E-state index in [0.29, 0.717) is 5.82 Å². The van der Waals surface area contributed by atoms with Crippen molar-refractivity contribution in [1.82, 2.24) is 10.2 Å². The SMILES string of the molecule is Cc1ccc(C(=O)Nc2cccnn2)c(O)c1. The first-order valence-electron chi connectivity index (χ1n) is 5.05. The van der Waals surface area contributed by atoms with Gasteiger partial charge in [-0.2, -0.15) is 5.10 Å². The van der Waals surface area contributed by atoms with Gasteiger partial charge in [0.15, 0.2) is 5.82 Å². The third-order valence-corrected chi connectivity index (χ3v) is 2.21. The number of aromatic nitrogens is 2. The Kier molecular flexibility index (Phi) is 3.00. The van der Waals surface area contributed by atoms with Crippen LogP contribution in [0.15, 0.2) is 36.5 Å². The maximum atomic E-state index is 11.8. The Morgan fingerprint density at radius 3 is 2.82 bits per heavy atom. The van der Waals surface area contributed by atoms with Crippen molar-refractivity contribution in [1.29, 1.82) is 0 Å². The summed E-state index contributed by atoms with van der Waals surface area (Å²) >= 11 is 0. The highest BCUT2D eigenvalue weighted by Gasteiger charge is 2.11. The second kappa shape index (κ2) is 4.61. The van der Waals surface area contributed by atoms with Gasteiger partial charge in [-0.1, -0.05) is 6.07 Å². The average Bonchev–Trinajstić information content (AvgIpc) is 2.30. The second-order valence-electron chi connectivity index (χ2n) is 3.58. The van der Waals surface area contributed by atoms with Gasteiger partial charge in [-0.15, -0.1) is 5.10 Å². The van der Waals surface area contributed by atoms with E-state index in [4.69, 9.17) is 0 Å². The molecule has 5 heteroatoms. The van der Waals surface area contributed by atoms with E-state index in [2.05, 4.69) is 15.5 Å². The van der Waals surface area contributed by atoms with Gasteiger partial charge >= 0.3 is 0 Å². The predicted molar refractivity (Wildman–Crippen MR) is 62.8 cm³/mol. The van der Waals surface area contributed by atoms with Crippen LogP contribution in [-0.2, 0) is 0 Å². The zero-order valence-electron chi connectivity index (χ0n) is 9.21. The van der Waals surface area contributed by atoms with E-state index >= 15 is 0 Å². The van der Waals surface area contributed by atoms with E-state index < -0.39 is 5.91 Å². The highest BCUT2D eigenvalue weighted by atomic mass is 16.3. The number of anilines is 1. The second-order valence-corrected chi connectivity index (χ2v) is 3.58. The van der Waals surface area contributed by atoms with Crippen molar-refractivity contribution in [3.63, 3.8) is 0 Å². The molecule has 1 aromatic carbocycles. The van der Waals surface area contributed by atoms with Gasteiger partial charge in [0.2, 0.25) is 0 Å². The van der Waals surface area contributed by atoms with Gasteiger partial charge < -0.3 is 10.4 Å². The molecule has 1 aromatic heterocycles. The number of rotatable bonds is 2. The van der Waals surface area contributed by atoms with Gasteiger partial charge in [-0.25, -0.2) is 0 Å². The first-order chi connectivity index (χ1) is 8.16. The molecule has 17 heavy (non-hydrogen) atoms. The minimum Gasteiger partial charge on any atom is -0.507 e. The van der Waals surface area contributed by atoms with Gasteiger partial charge in [0.05, 0.1) is 5.56 Å². The van der Waals surface area contributed by atoms with Crippen molar-refractivity contribution in [2.75, 3.05) is 5.32 Å². The van der Waals surface area contributed by atoms with Crippen molar-refractivity contribution in [2.45, 2.75) is 6.92 Å². The lowest BCUT2D eigenvalue weighted by Gasteiger charge is -2.05. The monoisotopic (exact) mass is 229 g/mol.